The molecule has 1 aromatic rings. The molecule has 0 saturated heterocycles. The number of carbonyl (C=O) groups is 1. The molecule has 0 radical (unpaired) electrons. The molecule has 78 valence electrons. The van der Waals surface area contributed by atoms with Crippen molar-refractivity contribution in [1.82, 2.24) is 5.01 Å². The Morgan fingerprint density at radius 3 is 2.60 bits per heavy atom. The number of nitrogens with two attached hydrogens (primary N) is 1. The van der Waals surface area contributed by atoms with Gasteiger partial charge in [0, 0.05) is 13.2 Å². The average Bonchev–Trinajstić information content (AvgIpc) is 2.54. The van der Waals surface area contributed by atoms with Crippen molar-refractivity contribution >= 4 is 12.0 Å². The number of aldehydes is 1. The molecular formula is C11H13N3O. The number of hydrogen-bond donors (Lipinski definition) is 1. The summed E-state index contributed by atoms with van der Waals surface area (Å²) in [5, 5.41) is 3.67. The zero-order valence-electron chi connectivity index (χ0n) is 8.50. The highest BCUT2D eigenvalue weighted by molar-refractivity contribution is 5.71. The minimum atomic E-state index is -0.391. The molecule has 1 aromatic carbocycles. The first kappa shape index (κ1) is 9.58. The maximum Gasteiger partial charge on any atom is 0.150 e. The molecule has 0 spiro atoms. The molecule has 1 heterocycles. The van der Waals surface area contributed by atoms with Crippen LogP contribution in [0.25, 0.3) is 0 Å². The van der Waals surface area contributed by atoms with Crippen molar-refractivity contribution in [3.63, 3.8) is 0 Å². The lowest BCUT2D eigenvalue weighted by Gasteiger charge is -2.30. The maximum absolute atomic E-state index is 11.0. The lowest BCUT2D eigenvalue weighted by Crippen LogP contribution is -2.41. The van der Waals surface area contributed by atoms with Crippen LogP contribution in [0.15, 0.2) is 42.2 Å². The van der Waals surface area contributed by atoms with Gasteiger partial charge in [0.2, 0.25) is 0 Å². The van der Waals surface area contributed by atoms with Crippen molar-refractivity contribution in [2.75, 3.05) is 12.1 Å². The molecule has 0 fully saturated rings. The fourth-order valence-corrected chi connectivity index (χ4v) is 1.75. The van der Waals surface area contributed by atoms with Crippen LogP contribution in [-0.2, 0) is 4.79 Å². The van der Waals surface area contributed by atoms with E-state index in [1.165, 1.54) is 0 Å². The Hall–Kier alpha value is -1.97. The third-order valence-electron chi connectivity index (χ3n) is 2.43. The van der Waals surface area contributed by atoms with Gasteiger partial charge in [-0.05, 0) is 12.1 Å². The van der Waals surface area contributed by atoms with Gasteiger partial charge in [-0.1, -0.05) is 18.2 Å². The van der Waals surface area contributed by atoms with Crippen molar-refractivity contribution in [3.8, 4) is 0 Å². The normalized spacial score (nSPS) is 20.3. The monoisotopic (exact) mass is 203 g/mol. The fourth-order valence-electron chi connectivity index (χ4n) is 1.75. The molecule has 1 aliphatic heterocycles. The standard InChI is InChI=1S/C11H13N3O/c1-13-7-10(12)11(8-15)14(13)9-5-3-2-4-6-9/h2-8,11H,12H2,1H3. The van der Waals surface area contributed by atoms with E-state index in [0.717, 1.165) is 12.0 Å². The number of benzene rings is 1. The predicted molar refractivity (Wildman–Crippen MR) is 58.8 cm³/mol. The lowest BCUT2D eigenvalue weighted by atomic mass is 10.2. The maximum atomic E-state index is 11.0. The Bertz CT molecular complexity index is 388. The van der Waals surface area contributed by atoms with Gasteiger partial charge in [0.1, 0.15) is 6.04 Å². The number of hydrogen-bond acceptors (Lipinski definition) is 4. The SMILES string of the molecule is CN1C=C(N)C(C=O)N1c1ccccc1. The molecule has 0 bridgehead atoms. The molecule has 0 aromatic heterocycles. The summed E-state index contributed by atoms with van der Waals surface area (Å²) >= 11 is 0. The van der Waals surface area contributed by atoms with Gasteiger partial charge in [0.15, 0.2) is 6.29 Å². The van der Waals surface area contributed by atoms with Crippen LogP contribution in [0.3, 0.4) is 0 Å². The van der Waals surface area contributed by atoms with E-state index < -0.39 is 6.04 Å². The highest BCUT2D eigenvalue weighted by atomic mass is 16.1. The molecule has 0 aliphatic carbocycles. The van der Waals surface area contributed by atoms with E-state index >= 15 is 0 Å². The molecule has 4 heteroatoms. The molecule has 2 N–H and O–H groups in total. The van der Waals surface area contributed by atoms with Gasteiger partial charge in [0.25, 0.3) is 0 Å². The number of carbonyl (C=O) groups excluding carboxylic acids is 1. The van der Waals surface area contributed by atoms with Gasteiger partial charge in [-0.15, -0.1) is 0 Å². The summed E-state index contributed by atoms with van der Waals surface area (Å²) in [5.74, 6) is 0. The molecule has 15 heavy (non-hydrogen) atoms. The first-order valence-electron chi connectivity index (χ1n) is 4.73. The lowest BCUT2D eigenvalue weighted by molar-refractivity contribution is -0.108. The Labute approximate surface area is 88.6 Å². The third kappa shape index (κ3) is 1.54. The van der Waals surface area contributed by atoms with Crippen LogP contribution in [0.1, 0.15) is 0 Å². The van der Waals surface area contributed by atoms with Gasteiger partial charge in [0.05, 0.1) is 11.4 Å². The van der Waals surface area contributed by atoms with Crippen LogP contribution >= 0.6 is 0 Å². The van der Waals surface area contributed by atoms with Crippen molar-refractivity contribution in [2.24, 2.45) is 5.73 Å². The number of para-hydroxylation sites is 1. The second kappa shape index (κ2) is 3.65. The van der Waals surface area contributed by atoms with Crippen LogP contribution in [0.2, 0.25) is 0 Å². The third-order valence-corrected chi connectivity index (χ3v) is 2.43. The van der Waals surface area contributed by atoms with Crippen molar-refractivity contribution in [3.05, 3.63) is 42.2 Å². The smallest absolute Gasteiger partial charge is 0.150 e. The summed E-state index contributed by atoms with van der Waals surface area (Å²) in [6.07, 6.45) is 2.61. The summed E-state index contributed by atoms with van der Waals surface area (Å²) < 4.78 is 0. The summed E-state index contributed by atoms with van der Waals surface area (Å²) in [5.41, 5.74) is 7.27. The summed E-state index contributed by atoms with van der Waals surface area (Å²) in [6.45, 7) is 0. The van der Waals surface area contributed by atoms with Crippen LogP contribution in [0.4, 0.5) is 5.69 Å². The molecular weight excluding hydrogens is 190 g/mol. The van der Waals surface area contributed by atoms with Crippen molar-refractivity contribution in [1.29, 1.82) is 0 Å². The minimum Gasteiger partial charge on any atom is -0.399 e. The molecule has 4 nitrogen and oxygen atoms in total. The Morgan fingerprint density at radius 2 is 2.00 bits per heavy atom. The second-order valence-electron chi connectivity index (χ2n) is 3.46. The highest BCUT2D eigenvalue weighted by Gasteiger charge is 2.29. The number of anilines is 1. The predicted octanol–water partition coefficient (Wildman–Crippen LogP) is 0.721. The first-order chi connectivity index (χ1) is 7.24. The van der Waals surface area contributed by atoms with Gasteiger partial charge < -0.3 is 10.5 Å². The molecule has 1 aliphatic rings. The average molecular weight is 203 g/mol. The van der Waals surface area contributed by atoms with Crippen LogP contribution in [-0.4, -0.2) is 24.4 Å². The second-order valence-corrected chi connectivity index (χ2v) is 3.46. The molecule has 2 rings (SSSR count). The van der Waals surface area contributed by atoms with Crippen molar-refractivity contribution in [2.45, 2.75) is 6.04 Å². The van der Waals surface area contributed by atoms with E-state index in [2.05, 4.69) is 0 Å². The van der Waals surface area contributed by atoms with Gasteiger partial charge >= 0.3 is 0 Å². The van der Waals surface area contributed by atoms with Gasteiger partial charge in [-0.3, -0.25) is 10.0 Å². The molecule has 1 unspecified atom stereocenters. The summed E-state index contributed by atoms with van der Waals surface area (Å²) in [6, 6.07) is 9.29. The Morgan fingerprint density at radius 1 is 1.33 bits per heavy atom. The zero-order valence-corrected chi connectivity index (χ0v) is 8.50. The molecule has 0 amide bonds. The largest absolute Gasteiger partial charge is 0.399 e. The van der Waals surface area contributed by atoms with E-state index in [1.54, 1.807) is 6.20 Å². The topological polar surface area (TPSA) is 49.6 Å². The van der Waals surface area contributed by atoms with Crippen LogP contribution in [0, 0.1) is 0 Å². The molecule has 0 saturated carbocycles. The summed E-state index contributed by atoms with van der Waals surface area (Å²) in [7, 11) is 1.86. The van der Waals surface area contributed by atoms with E-state index in [0.29, 0.717) is 5.70 Å². The molecule has 1 atom stereocenters. The van der Waals surface area contributed by atoms with Crippen LogP contribution in [0.5, 0.6) is 0 Å². The number of hydrazine groups is 1. The first-order valence-corrected chi connectivity index (χ1v) is 4.73. The quantitative estimate of drug-likeness (QED) is 0.720. The Kier molecular flexibility index (Phi) is 2.33. The Balaban J connectivity index is 2.34. The van der Waals surface area contributed by atoms with Crippen LogP contribution < -0.4 is 10.7 Å². The zero-order chi connectivity index (χ0) is 10.8. The fraction of sp³-hybridized carbons (Fsp3) is 0.182. The highest BCUT2D eigenvalue weighted by Crippen LogP contribution is 2.24. The number of rotatable bonds is 2. The van der Waals surface area contributed by atoms with E-state index in [-0.39, 0.29) is 0 Å². The minimum absolute atomic E-state index is 0.391. The van der Waals surface area contributed by atoms with E-state index in [1.807, 2.05) is 47.4 Å². The number of nitrogens with zero attached hydrogens (tertiary/aromatic N) is 2. The summed E-state index contributed by atoms with van der Waals surface area (Å²) in [4.78, 5) is 11.0. The van der Waals surface area contributed by atoms with E-state index in [4.69, 9.17) is 5.73 Å². The van der Waals surface area contributed by atoms with E-state index in [9.17, 15) is 4.79 Å². The van der Waals surface area contributed by atoms with Crippen molar-refractivity contribution < 1.29 is 4.79 Å². The van der Waals surface area contributed by atoms with Gasteiger partial charge in [-0.25, -0.2) is 0 Å². The van der Waals surface area contributed by atoms with Gasteiger partial charge in [-0.2, -0.15) is 0 Å².